The average molecular weight is 304 g/mol. The number of nitrogens with zero attached hydrogens (tertiary/aromatic N) is 2. The molecule has 2 heterocycles. The Hall–Kier alpha value is -0.780. The first kappa shape index (κ1) is 11.3. The molecule has 0 radical (unpaired) electrons. The summed E-state index contributed by atoms with van der Waals surface area (Å²) >= 11 is 0. The summed E-state index contributed by atoms with van der Waals surface area (Å²) in [5, 5.41) is 0. The van der Waals surface area contributed by atoms with Gasteiger partial charge in [-0.25, -0.2) is 4.57 Å². The van der Waals surface area contributed by atoms with E-state index in [1.807, 2.05) is 30.1 Å². The van der Waals surface area contributed by atoms with Crippen molar-refractivity contribution in [3.8, 4) is 5.75 Å². The molecule has 76 valence electrons. The zero-order valence-electron chi connectivity index (χ0n) is 8.49. The minimum Gasteiger partial charge on any atom is -1.00 e. The highest BCUT2D eigenvalue weighted by Crippen LogP contribution is 2.17. The van der Waals surface area contributed by atoms with Crippen LogP contribution in [-0.4, -0.2) is 11.5 Å². The van der Waals surface area contributed by atoms with Crippen molar-refractivity contribution < 1.29 is 33.3 Å². The molecule has 2 aromatic heterocycles. The Morgan fingerprint density at radius 1 is 1.43 bits per heavy atom. The summed E-state index contributed by atoms with van der Waals surface area (Å²) in [6.07, 6.45) is 6.11. The maximum atomic E-state index is 5.31. The maximum Gasteiger partial charge on any atom is 0.329 e. The Morgan fingerprint density at radius 3 is 2.79 bits per heavy atom. The van der Waals surface area contributed by atoms with Crippen molar-refractivity contribution in [2.24, 2.45) is 7.05 Å². The van der Waals surface area contributed by atoms with E-state index in [1.165, 1.54) is 5.56 Å². The zero-order valence-corrected chi connectivity index (χ0v) is 10.6. The van der Waals surface area contributed by atoms with Gasteiger partial charge in [-0.2, -0.15) is 4.40 Å². The third-order valence-electron chi connectivity index (χ3n) is 2.17. The molecule has 3 nitrogen and oxygen atoms in total. The lowest BCUT2D eigenvalue weighted by Gasteiger charge is -2.00. The molecule has 0 aliphatic heterocycles. The third kappa shape index (κ3) is 1.70. The van der Waals surface area contributed by atoms with Gasteiger partial charge in [0.15, 0.2) is 0 Å². The molecule has 0 unspecified atom stereocenters. The molecule has 2 aromatic rings. The van der Waals surface area contributed by atoms with E-state index in [0.29, 0.717) is 0 Å². The quantitative estimate of drug-likeness (QED) is 0.444. The van der Waals surface area contributed by atoms with Crippen LogP contribution >= 0.6 is 0 Å². The second-order valence-corrected chi connectivity index (χ2v) is 3.23. The summed E-state index contributed by atoms with van der Waals surface area (Å²) in [6, 6.07) is 2.04. The first-order chi connectivity index (χ1) is 6.22. The number of aromatic nitrogens is 2. The van der Waals surface area contributed by atoms with Crippen LogP contribution in [0, 0.1) is 6.92 Å². The molecule has 4 heteroatoms. The van der Waals surface area contributed by atoms with Crippen molar-refractivity contribution in [2.45, 2.75) is 6.92 Å². The molecule has 0 amide bonds. The van der Waals surface area contributed by atoms with E-state index in [4.69, 9.17) is 4.74 Å². The van der Waals surface area contributed by atoms with E-state index >= 15 is 0 Å². The highest BCUT2D eigenvalue weighted by molar-refractivity contribution is 5.50. The van der Waals surface area contributed by atoms with Crippen molar-refractivity contribution in [3.05, 3.63) is 30.2 Å². The highest BCUT2D eigenvalue weighted by atomic mass is 127. The summed E-state index contributed by atoms with van der Waals surface area (Å²) in [6.45, 7) is 2.06. The number of hydrogen-bond donors (Lipinski definition) is 0. The van der Waals surface area contributed by atoms with Gasteiger partial charge in [-0.1, -0.05) is 0 Å². The Morgan fingerprint density at radius 2 is 2.14 bits per heavy atom. The molecule has 14 heavy (non-hydrogen) atoms. The van der Waals surface area contributed by atoms with Crippen LogP contribution in [0.1, 0.15) is 5.56 Å². The van der Waals surface area contributed by atoms with E-state index < -0.39 is 0 Å². The lowest BCUT2D eigenvalue weighted by atomic mass is 10.3. The molecule has 0 saturated heterocycles. The summed E-state index contributed by atoms with van der Waals surface area (Å²) in [4.78, 5) is 0. The number of halogens is 1. The van der Waals surface area contributed by atoms with Gasteiger partial charge in [0.25, 0.3) is 0 Å². The normalized spacial score (nSPS) is 9.93. The molecular weight excluding hydrogens is 291 g/mol. The summed E-state index contributed by atoms with van der Waals surface area (Å²) in [5.74, 6) is 0.910. The summed E-state index contributed by atoms with van der Waals surface area (Å²) in [5.41, 5.74) is 2.27. The molecule has 0 saturated carbocycles. The predicted octanol–water partition coefficient (Wildman–Crippen LogP) is -1.92. The van der Waals surface area contributed by atoms with Gasteiger partial charge < -0.3 is 28.7 Å². The number of pyridine rings is 1. The average Bonchev–Trinajstić information content (AvgIpc) is 2.46. The standard InChI is InChI=1S/C10H13N2O.HI/c1-8-6-9(13-3)10-11(2)4-5-12(10)7-8;/h4-7H,1-3H3;1H/q+1;/p-1. The largest absolute Gasteiger partial charge is 1.00 e. The molecule has 0 atom stereocenters. The molecule has 0 bridgehead atoms. The Kier molecular flexibility index (Phi) is 3.36. The van der Waals surface area contributed by atoms with E-state index in [1.54, 1.807) is 7.11 Å². The van der Waals surface area contributed by atoms with Crippen LogP contribution in [0.25, 0.3) is 5.65 Å². The SMILES string of the molecule is COc1cc(C)cn2cc[n+](C)c12.[I-]. The molecule has 0 fully saturated rings. The van der Waals surface area contributed by atoms with E-state index in [2.05, 4.69) is 17.5 Å². The van der Waals surface area contributed by atoms with Crippen LogP contribution in [0.3, 0.4) is 0 Å². The number of rotatable bonds is 1. The van der Waals surface area contributed by atoms with E-state index in [-0.39, 0.29) is 24.0 Å². The van der Waals surface area contributed by atoms with Gasteiger partial charge in [0.05, 0.1) is 20.4 Å². The van der Waals surface area contributed by atoms with Crippen LogP contribution in [-0.2, 0) is 7.05 Å². The van der Waals surface area contributed by atoms with Crippen LogP contribution in [0.2, 0.25) is 0 Å². The van der Waals surface area contributed by atoms with Crippen molar-refractivity contribution in [1.29, 1.82) is 0 Å². The topological polar surface area (TPSA) is 17.5 Å². The van der Waals surface area contributed by atoms with Gasteiger partial charge in [-0.05, 0) is 18.6 Å². The first-order valence-corrected chi connectivity index (χ1v) is 4.23. The fourth-order valence-corrected chi connectivity index (χ4v) is 1.58. The fraction of sp³-hybridized carbons (Fsp3) is 0.300. The maximum absolute atomic E-state index is 5.31. The van der Waals surface area contributed by atoms with Crippen LogP contribution < -0.4 is 33.3 Å². The van der Waals surface area contributed by atoms with Crippen LogP contribution in [0.15, 0.2) is 24.7 Å². The Labute approximate surface area is 100 Å². The molecular formula is C10H13IN2O. The van der Waals surface area contributed by atoms with Gasteiger partial charge in [-0.3, -0.25) is 0 Å². The molecule has 0 aliphatic rings. The van der Waals surface area contributed by atoms with Gasteiger partial charge >= 0.3 is 5.65 Å². The van der Waals surface area contributed by atoms with Gasteiger partial charge in [-0.15, -0.1) is 0 Å². The smallest absolute Gasteiger partial charge is 0.329 e. The van der Waals surface area contributed by atoms with Gasteiger partial charge in [0.1, 0.15) is 12.4 Å². The minimum atomic E-state index is 0. The fourth-order valence-electron chi connectivity index (χ4n) is 1.58. The van der Waals surface area contributed by atoms with Crippen molar-refractivity contribution >= 4 is 5.65 Å². The molecule has 0 N–H and O–H groups in total. The number of fused-ring (bicyclic) bond motifs is 1. The monoisotopic (exact) mass is 304 g/mol. The number of methoxy groups -OCH3 is 1. The second kappa shape index (κ2) is 4.16. The second-order valence-electron chi connectivity index (χ2n) is 3.23. The molecule has 0 spiro atoms. The summed E-state index contributed by atoms with van der Waals surface area (Å²) in [7, 11) is 3.70. The van der Waals surface area contributed by atoms with Crippen molar-refractivity contribution in [3.63, 3.8) is 0 Å². The van der Waals surface area contributed by atoms with Gasteiger partial charge in [0.2, 0.25) is 5.75 Å². The first-order valence-electron chi connectivity index (χ1n) is 4.23. The predicted molar refractivity (Wildman–Crippen MR) is 49.9 cm³/mol. The zero-order chi connectivity index (χ0) is 9.42. The number of imidazole rings is 1. The van der Waals surface area contributed by atoms with E-state index in [9.17, 15) is 0 Å². The van der Waals surface area contributed by atoms with Gasteiger partial charge in [0, 0.05) is 0 Å². The number of hydrogen-bond acceptors (Lipinski definition) is 1. The molecule has 0 aromatic carbocycles. The van der Waals surface area contributed by atoms with Crippen molar-refractivity contribution in [2.75, 3.05) is 7.11 Å². The lowest BCUT2D eigenvalue weighted by molar-refractivity contribution is -0.644. The molecule has 0 aliphatic carbocycles. The highest BCUT2D eigenvalue weighted by Gasteiger charge is 2.13. The van der Waals surface area contributed by atoms with Crippen LogP contribution in [0.5, 0.6) is 5.75 Å². The molecule has 2 rings (SSSR count). The summed E-state index contributed by atoms with van der Waals surface area (Å²) < 4.78 is 9.41. The number of ether oxygens (including phenoxy) is 1. The minimum absolute atomic E-state index is 0. The third-order valence-corrected chi connectivity index (χ3v) is 2.17. The number of aryl methyl sites for hydroxylation is 2. The van der Waals surface area contributed by atoms with E-state index in [0.717, 1.165) is 11.4 Å². The van der Waals surface area contributed by atoms with Crippen molar-refractivity contribution in [1.82, 2.24) is 4.40 Å². The Bertz CT molecular complexity index is 451. The lowest BCUT2D eigenvalue weighted by Crippen LogP contribution is -3.00. The van der Waals surface area contributed by atoms with Crippen LogP contribution in [0.4, 0.5) is 0 Å². The Balaban J connectivity index is 0.000000980.